The van der Waals surface area contributed by atoms with E-state index in [9.17, 15) is 0 Å². The highest BCUT2D eigenvalue weighted by atomic mass is 16.7. The van der Waals surface area contributed by atoms with Crippen LogP contribution in [0.25, 0.3) is 0 Å². The average Bonchev–Trinajstić information content (AvgIpc) is 3.09. The smallest absolute Gasteiger partial charge is 0.231 e. The summed E-state index contributed by atoms with van der Waals surface area (Å²) in [5, 5.41) is 3.39. The van der Waals surface area contributed by atoms with Crippen LogP contribution in [0.4, 0.5) is 0 Å². The number of benzene rings is 1. The average molecular weight is 263 g/mol. The lowest BCUT2D eigenvalue weighted by Gasteiger charge is -2.12. The summed E-state index contributed by atoms with van der Waals surface area (Å²) in [7, 11) is 0. The molecule has 3 rings (SSSR count). The van der Waals surface area contributed by atoms with Crippen molar-refractivity contribution in [3.8, 4) is 11.5 Å². The van der Waals surface area contributed by atoms with Gasteiger partial charge in [0.1, 0.15) is 0 Å². The second-order valence-corrected chi connectivity index (χ2v) is 5.10. The number of fused-ring (bicyclic) bond motifs is 1. The van der Waals surface area contributed by atoms with E-state index >= 15 is 0 Å². The minimum atomic E-state index is 0.330. The van der Waals surface area contributed by atoms with Crippen molar-refractivity contribution in [1.29, 1.82) is 0 Å². The SMILES string of the molecule is c1cc(CNCCOC2CCCC2)c2c(c1)OCO2. The Morgan fingerprint density at radius 1 is 1.21 bits per heavy atom. The molecule has 4 heteroatoms. The molecule has 1 aliphatic carbocycles. The molecule has 1 fully saturated rings. The summed E-state index contributed by atoms with van der Waals surface area (Å²) in [6.07, 6.45) is 5.62. The Labute approximate surface area is 114 Å². The summed E-state index contributed by atoms with van der Waals surface area (Å²) < 4.78 is 16.6. The van der Waals surface area contributed by atoms with Gasteiger partial charge in [-0.2, -0.15) is 0 Å². The maximum atomic E-state index is 5.82. The lowest BCUT2D eigenvalue weighted by molar-refractivity contribution is 0.0602. The van der Waals surface area contributed by atoms with Gasteiger partial charge < -0.3 is 19.5 Å². The third-order valence-electron chi connectivity index (χ3n) is 3.73. The van der Waals surface area contributed by atoms with Crippen LogP contribution in [0.2, 0.25) is 0 Å². The fourth-order valence-electron chi connectivity index (χ4n) is 2.71. The summed E-state index contributed by atoms with van der Waals surface area (Å²) in [6.45, 7) is 2.79. The Morgan fingerprint density at radius 2 is 2.11 bits per heavy atom. The van der Waals surface area contributed by atoms with E-state index in [-0.39, 0.29) is 0 Å². The highest BCUT2D eigenvalue weighted by molar-refractivity contribution is 5.48. The molecule has 0 aromatic heterocycles. The molecular weight excluding hydrogens is 242 g/mol. The molecule has 0 unspecified atom stereocenters. The second kappa shape index (κ2) is 6.26. The van der Waals surface area contributed by atoms with E-state index in [1.165, 1.54) is 25.7 Å². The zero-order valence-electron chi connectivity index (χ0n) is 11.2. The quantitative estimate of drug-likeness (QED) is 0.800. The molecular formula is C15H21NO3. The Kier molecular flexibility index (Phi) is 4.20. The van der Waals surface area contributed by atoms with Crippen LogP contribution in [0.15, 0.2) is 18.2 Å². The monoisotopic (exact) mass is 263 g/mol. The Bertz CT molecular complexity index is 416. The molecule has 1 saturated carbocycles. The van der Waals surface area contributed by atoms with Gasteiger partial charge in [0, 0.05) is 18.7 Å². The minimum Gasteiger partial charge on any atom is -0.454 e. The van der Waals surface area contributed by atoms with E-state index in [1.807, 2.05) is 12.1 Å². The van der Waals surface area contributed by atoms with E-state index in [1.54, 1.807) is 0 Å². The van der Waals surface area contributed by atoms with Crippen LogP contribution in [0.1, 0.15) is 31.2 Å². The van der Waals surface area contributed by atoms with Crippen molar-refractivity contribution >= 4 is 0 Å². The molecule has 1 aliphatic heterocycles. The fourth-order valence-corrected chi connectivity index (χ4v) is 2.71. The van der Waals surface area contributed by atoms with E-state index in [0.717, 1.165) is 36.8 Å². The zero-order valence-corrected chi connectivity index (χ0v) is 11.2. The van der Waals surface area contributed by atoms with E-state index in [0.29, 0.717) is 12.9 Å². The maximum absolute atomic E-state index is 5.82. The molecule has 0 spiro atoms. The van der Waals surface area contributed by atoms with Gasteiger partial charge in [-0.15, -0.1) is 0 Å². The van der Waals surface area contributed by atoms with Gasteiger partial charge in [-0.25, -0.2) is 0 Å². The predicted octanol–water partition coefficient (Wildman–Crippen LogP) is 2.46. The lowest BCUT2D eigenvalue weighted by Crippen LogP contribution is -2.22. The highest BCUT2D eigenvalue weighted by Gasteiger charge is 2.17. The van der Waals surface area contributed by atoms with Crippen LogP contribution in [-0.4, -0.2) is 26.0 Å². The summed E-state index contributed by atoms with van der Waals surface area (Å²) in [4.78, 5) is 0. The van der Waals surface area contributed by atoms with Crippen LogP contribution >= 0.6 is 0 Å². The van der Waals surface area contributed by atoms with Gasteiger partial charge in [0.15, 0.2) is 11.5 Å². The first-order chi connectivity index (χ1) is 9.43. The first kappa shape index (κ1) is 12.8. The number of rotatable bonds is 6. The van der Waals surface area contributed by atoms with Crippen molar-refractivity contribution in [3.05, 3.63) is 23.8 Å². The summed E-state index contributed by atoms with van der Waals surface area (Å²) in [5.74, 6) is 1.73. The Hall–Kier alpha value is -1.26. The third-order valence-corrected chi connectivity index (χ3v) is 3.73. The van der Waals surface area contributed by atoms with Gasteiger partial charge in [-0.1, -0.05) is 25.0 Å². The van der Waals surface area contributed by atoms with Crippen molar-refractivity contribution in [2.45, 2.75) is 38.3 Å². The summed E-state index contributed by atoms with van der Waals surface area (Å²) >= 11 is 0. The Balaban J connectivity index is 1.39. The van der Waals surface area contributed by atoms with Gasteiger partial charge in [-0.3, -0.25) is 0 Å². The normalized spacial score (nSPS) is 18.1. The molecule has 1 aromatic rings. The standard InChI is InChI=1S/C15H21NO3/c1-2-6-13(5-1)17-9-8-16-10-12-4-3-7-14-15(12)19-11-18-14/h3-4,7,13,16H,1-2,5-6,8-11H2. The number of hydrogen-bond acceptors (Lipinski definition) is 4. The molecule has 2 aliphatic rings. The predicted molar refractivity (Wildman–Crippen MR) is 72.5 cm³/mol. The van der Waals surface area contributed by atoms with E-state index in [4.69, 9.17) is 14.2 Å². The fraction of sp³-hybridized carbons (Fsp3) is 0.600. The first-order valence-corrected chi connectivity index (χ1v) is 7.13. The number of hydrogen-bond donors (Lipinski definition) is 1. The van der Waals surface area contributed by atoms with Crippen LogP contribution in [0.5, 0.6) is 11.5 Å². The molecule has 0 amide bonds. The third kappa shape index (κ3) is 3.19. The summed E-state index contributed by atoms with van der Waals surface area (Å²) in [5.41, 5.74) is 1.15. The molecule has 1 N–H and O–H groups in total. The van der Waals surface area contributed by atoms with Crippen LogP contribution in [0.3, 0.4) is 0 Å². The van der Waals surface area contributed by atoms with Crippen molar-refractivity contribution in [3.63, 3.8) is 0 Å². The van der Waals surface area contributed by atoms with Gasteiger partial charge in [0.05, 0.1) is 12.7 Å². The van der Waals surface area contributed by atoms with Crippen molar-refractivity contribution in [2.75, 3.05) is 19.9 Å². The minimum absolute atomic E-state index is 0.330. The van der Waals surface area contributed by atoms with Crippen molar-refractivity contribution < 1.29 is 14.2 Å². The molecule has 4 nitrogen and oxygen atoms in total. The lowest BCUT2D eigenvalue weighted by atomic mass is 10.2. The van der Waals surface area contributed by atoms with Gasteiger partial charge in [0.2, 0.25) is 6.79 Å². The van der Waals surface area contributed by atoms with Crippen LogP contribution < -0.4 is 14.8 Å². The number of nitrogens with one attached hydrogen (secondary N) is 1. The van der Waals surface area contributed by atoms with Gasteiger partial charge >= 0.3 is 0 Å². The first-order valence-electron chi connectivity index (χ1n) is 7.13. The molecule has 19 heavy (non-hydrogen) atoms. The largest absolute Gasteiger partial charge is 0.454 e. The van der Waals surface area contributed by atoms with Gasteiger partial charge in [-0.05, 0) is 18.9 Å². The molecule has 104 valence electrons. The van der Waals surface area contributed by atoms with Crippen molar-refractivity contribution in [2.24, 2.45) is 0 Å². The zero-order chi connectivity index (χ0) is 12.9. The topological polar surface area (TPSA) is 39.7 Å². The van der Waals surface area contributed by atoms with Crippen molar-refractivity contribution in [1.82, 2.24) is 5.32 Å². The molecule has 1 heterocycles. The second-order valence-electron chi connectivity index (χ2n) is 5.10. The molecule has 0 bridgehead atoms. The maximum Gasteiger partial charge on any atom is 0.231 e. The number of para-hydroxylation sites is 1. The highest BCUT2D eigenvalue weighted by Crippen LogP contribution is 2.35. The van der Waals surface area contributed by atoms with Crippen LogP contribution in [-0.2, 0) is 11.3 Å². The molecule has 1 aromatic carbocycles. The molecule has 0 radical (unpaired) electrons. The number of ether oxygens (including phenoxy) is 3. The molecule has 0 atom stereocenters. The van der Waals surface area contributed by atoms with E-state index < -0.39 is 0 Å². The van der Waals surface area contributed by atoms with E-state index in [2.05, 4.69) is 11.4 Å². The molecule has 0 saturated heterocycles. The van der Waals surface area contributed by atoms with Crippen LogP contribution in [0, 0.1) is 0 Å². The Morgan fingerprint density at radius 3 is 3.00 bits per heavy atom. The summed E-state index contributed by atoms with van der Waals surface area (Å²) in [6, 6.07) is 6.01. The van der Waals surface area contributed by atoms with Gasteiger partial charge in [0.25, 0.3) is 0 Å².